The quantitative estimate of drug-likeness (QED) is 0.567. The molecule has 5 aliphatic rings. The van der Waals surface area contributed by atoms with Gasteiger partial charge in [0.15, 0.2) is 23.4 Å². The molecule has 6 rings (SSSR count). The van der Waals surface area contributed by atoms with E-state index in [9.17, 15) is 14.4 Å². The first-order valence-electron chi connectivity index (χ1n) is 10.3. The van der Waals surface area contributed by atoms with Gasteiger partial charge in [0.2, 0.25) is 0 Å². The Hall–Kier alpha value is -2.63. The van der Waals surface area contributed by atoms with Gasteiger partial charge in [-0.3, -0.25) is 14.4 Å². The van der Waals surface area contributed by atoms with Gasteiger partial charge in [0.1, 0.15) is 5.60 Å². The van der Waals surface area contributed by atoms with Crippen molar-refractivity contribution in [3.63, 3.8) is 0 Å². The Kier molecular flexibility index (Phi) is 3.15. The molecule has 6 nitrogen and oxygen atoms in total. The molecule has 2 saturated carbocycles. The summed E-state index contributed by atoms with van der Waals surface area (Å²) in [5.74, 6) is 0.729. The average molecular weight is 394 g/mol. The SMILES string of the molecule is CC(=O)Oc1ccc2c3c1O[C@H]1C(=O)C=CC4(OC(C)=O)[C@@H]5CC(CC2)C(C5)C314. The molecule has 2 bridgehead atoms. The number of benzene rings is 1. The minimum atomic E-state index is -0.891. The Balaban J connectivity index is 1.69. The van der Waals surface area contributed by atoms with Gasteiger partial charge in [-0.15, -0.1) is 0 Å². The van der Waals surface area contributed by atoms with Crippen LogP contribution in [0.5, 0.6) is 11.5 Å². The molecule has 150 valence electrons. The number of aryl methyl sites for hydroxylation is 1. The lowest BCUT2D eigenvalue weighted by molar-refractivity contribution is -0.176. The molecule has 6 heteroatoms. The Bertz CT molecular complexity index is 1020. The van der Waals surface area contributed by atoms with E-state index in [0.717, 1.165) is 36.8 Å². The largest absolute Gasteiger partial charge is 0.477 e. The number of hydrogen-bond acceptors (Lipinski definition) is 6. The number of carbonyl (C=O) groups is 3. The summed E-state index contributed by atoms with van der Waals surface area (Å²) < 4.78 is 17.9. The van der Waals surface area contributed by atoms with Crippen LogP contribution in [-0.2, 0) is 31.0 Å². The fourth-order valence-corrected chi connectivity index (χ4v) is 7.35. The first kappa shape index (κ1) is 17.2. The van der Waals surface area contributed by atoms with Gasteiger partial charge in [0, 0.05) is 25.3 Å². The summed E-state index contributed by atoms with van der Waals surface area (Å²) in [5, 5.41) is 0. The molecule has 1 aliphatic heterocycles. The molecule has 6 atom stereocenters. The topological polar surface area (TPSA) is 78.9 Å². The van der Waals surface area contributed by atoms with E-state index in [-0.39, 0.29) is 23.6 Å². The summed E-state index contributed by atoms with van der Waals surface area (Å²) in [6, 6.07) is 3.74. The average Bonchev–Trinajstić information content (AvgIpc) is 3.29. The van der Waals surface area contributed by atoms with E-state index in [1.807, 2.05) is 12.1 Å². The van der Waals surface area contributed by atoms with Gasteiger partial charge in [0.05, 0.1) is 5.41 Å². The van der Waals surface area contributed by atoms with Gasteiger partial charge < -0.3 is 14.2 Å². The highest BCUT2D eigenvalue weighted by atomic mass is 16.6. The van der Waals surface area contributed by atoms with Crippen LogP contribution in [-0.4, -0.2) is 29.4 Å². The maximum Gasteiger partial charge on any atom is 0.308 e. The van der Waals surface area contributed by atoms with Crippen molar-refractivity contribution in [2.45, 2.75) is 56.7 Å². The first-order chi connectivity index (χ1) is 13.9. The zero-order valence-electron chi connectivity index (χ0n) is 16.4. The van der Waals surface area contributed by atoms with Crippen molar-refractivity contribution in [2.75, 3.05) is 0 Å². The number of rotatable bonds is 2. The molecule has 2 fully saturated rings. The van der Waals surface area contributed by atoms with Gasteiger partial charge in [0.25, 0.3) is 0 Å². The van der Waals surface area contributed by atoms with Crippen molar-refractivity contribution in [3.05, 3.63) is 35.4 Å². The van der Waals surface area contributed by atoms with E-state index in [4.69, 9.17) is 14.2 Å². The molecular formula is C23H22O6. The number of fused-ring (bicyclic) bond motifs is 2. The summed E-state index contributed by atoms with van der Waals surface area (Å²) in [5.41, 5.74) is 0.399. The minimum absolute atomic E-state index is 0.114. The molecule has 1 aromatic carbocycles. The van der Waals surface area contributed by atoms with Crippen molar-refractivity contribution in [1.82, 2.24) is 0 Å². The lowest BCUT2D eigenvalue weighted by atomic mass is 9.52. The number of hydrogen-bond donors (Lipinski definition) is 0. The van der Waals surface area contributed by atoms with Gasteiger partial charge in [-0.25, -0.2) is 0 Å². The van der Waals surface area contributed by atoms with Gasteiger partial charge in [-0.2, -0.15) is 0 Å². The number of carbonyl (C=O) groups excluding carboxylic acids is 3. The second-order valence-corrected chi connectivity index (χ2v) is 9.08. The standard InChI is InChI=1S/C23H22O6/c1-11(24)27-18-6-5-13-3-4-14-9-15-10-16(14)23-19(13)20(18)28-21(23)17(26)7-8-22(15,23)29-12(2)25/h5-8,14-16,21H,3-4,9-10H2,1-2H3/t14?,15-,16?,21+,22?,23?/m1/s1. The van der Waals surface area contributed by atoms with Crippen molar-refractivity contribution in [3.8, 4) is 11.5 Å². The normalized spacial score (nSPS) is 39.6. The zero-order valence-corrected chi connectivity index (χ0v) is 16.4. The lowest BCUT2D eigenvalue weighted by Gasteiger charge is -2.53. The third kappa shape index (κ3) is 1.82. The Morgan fingerprint density at radius 3 is 2.76 bits per heavy atom. The molecule has 1 aromatic rings. The van der Waals surface area contributed by atoms with Crippen LogP contribution in [0.3, 0.4) is 0 Å². The monoisotopic (exact) mass is 394 g/mol. The Morgan fingerprint density at radius 2 is 2.00 bits per heavy atom. The molecule has 4 aliphatic carbocycles. The molecule has 0 aromatic heterocycles. The number of esters is 2. The van der Waals surface area contributed by atoms with Crippen LogP contribution in [0.4, 0.5) is 0 Å². The van der Waals surface area contributed by atoms with Crippen LogP contribution in [0.1, 0.15) is 44.2 Å². The van der Waals surface area contributed by atoms with E-state index in [0.29, 0.717) is 17.4 Å². The maximum atomic E-state index is 13.1. The van der Waals surface area contributed by atoms with Crippen molar-refractivity contribution in [2.24, 2.45) is 17.8 Å². The first-order valence-corrected chi connectivity index (χ1v) is 10.3. The maximum absolute atomic E-state index is 13.1. The van der Waals surface area contributed by atoms with E-state index in [2.05, 4.69) is 0 Å². The number of ether oxygens (including phenoxy) is 3. The molecule has 1 spiro atoms. The molecule has 4 unspecified atom stereocenters. The van der Waals surface area contributed by atoms with Gasteiger partial charge in [-0.05, 0) is 61.3 Å². The summed E-state index contributed by atoms with van der Waals surface area (Å²) in [7, 11) is 0. The third-order valence-electron chi connectivity index (χ3n) is 7.91. The minimum Gasteiger partial charge on any atom is -0.477 e. The Morgan fingerprint density at radius 1 is 1.17 bits per heavy atom. The summed E-state index contributed by atoms with van der Waals surface area (Å²) in [6.45, 7) is 2.78. The molecule has 0 radical (unpaired) electrons. The summed E-state index contributed by atoms with van der Waals surface area (Å²) in [4.78, 5) is 37.0. The Labute approximate surface area is 168 Å². The summed E-state index contributed by atoms with van der Waals surface area (Å²) >= 11 is 0. The van der Waals surface area contributed by atoms with Gasteiger partial charge in [-0.1, -0.05) is 6.07 Å². The van der Waals surface area contributed by atoms with E-state index < -0.39 is 23.1 Å². The van der Waals surface area contributed by atoms with Crippen LogP contribution in [0.25, 0.3) is 0 Å². The van der Waals surface area contributed by atoms with Crippen molar-refractivity contribution in [1.29, 1.82) is 0 Å². The van der Waals surface area contributed by atoms with Crippen LogP contribution < -0.4 is 9.47 Å². The van der Waals surface area contributed by atoms with E-state index >= 15 is 0 Å². The smallest absolute Gasteiger partial charge is 0.308 e. The molecular weight excluding hydrogens is 372 g/mol. The predicted octanol–water partition coefficient (Wildman–Crippen LogP) is 2.65. The highest BCUT2D eigenvalue weighted by Gasteiger charge is 2.80. The highest BCUT2D eigenvalue weighted by Crippen LogP contribution is 2.74. The number of ketones is 1. The van der Waals surface area contributed by atoms with E-state index in [1.165, 1.54) is 19.9 Å². The second-order valence-electron chi connectivity index (χ2n) is 9.08. The molecule has 1 heterocycles. The lowest BCUT2D eigenvalue weighted by Crippen LogP contribution is -2.66. The summed E-state index contributed by atoms with van der Waals surface area (Å²) in [6.07, 6.45) is 6.42. The fraction of sp³-hybridized carbons (Fsp3) is 0.522. The van der Waals surface area contributed by atoms with E-state index in [1.54, 1.807) is 6.07 Å². The van der Waals surface area contributed by atoms with Crippen LogP contribution in [0, 0.1) is 17.8 Å². The molecule has 0 amide bonds. The van der Waals surface area contributed by atoms with Crippen molar-refractivity contribution < 1.29 is 28.6 Å². The van der Waals surface area contributed by atoms with Crippen molar-refractivity contribution >= 4 is 17.7 Å². The third-order valence-corrected chi connectivity index (χ3v) is 7.91. The van der Waals surface area contributed by atoms with Crippen LogP contribution in [0.2, 0.25) is 0 Å². The highest BCUT2D eigenvalue weighted by molar-refractivity contribution is 5.99. The zero-order chi connectivity index (χ0) is 20.1. The molecule has 29 heavy (non-hydrogen) atoms. The van der Waals surface area contributed by atoms with Crippen LogP contribution in [0.15, 0.2) is 24.3 Å². The van der Waals surface area contributed by atoms with Crippen LogP contribution >= 0.6 is 0 Å². The molecule has 0 saturated heterocycles. The second kappa shape index (κ2) is 5.29. The fourth-order valence-electron chi connectivity index (χ4n) is 7.35. The molecule has 0 N–H and O–H groups in total. The van der Waals surface area contributed by atoms with Gasteiger partial charge >= 0.3 is 11.9 Å². The predicted molar refractivity (Wildman–Crippen MR) is 101 cm³/mol.